The molecule has 0 heterocycles. The number of hydrogen-bond acceptors (Lipinski definition) is 2. The van der Waals surface area contributed by atoms with Gasteiger partial charge in [-0.05, 0) is 48.7 Å². The lowest BCUT2D eigenvalue weighted by molar-refractivity contribution is 0.0963. The predicted octanol–water partition coefficient (Wildman–Crippen LogP) is 2.92. The summed E-state index contributed by atoms with van der Waals surface area (Å²) < 4.78 is 13.7. The first-order valence-corrected chi connectivity index (χ1v) is 8.49. The van der Waals surface area contributed by atoms with E-state index < -0.39 is 0 Å². The van der Waals surface area contributed by atoms with Crippen LogP contribution in [-0.2, 0) is 6.54 Å². The van der Waals surface area contributed by atoms with E-state index in [0.717, 1.165) is 11.1 Å². The summed E-state index contributed by atoms with van der Waals surface area (Å²) in [7, 11) is 3.29. The van der Waals surface area contributed by atoms with Crippen molar-refractivity contribution in [3.05, 3.63) is 70.5 Å². The fourth-order valence-electron chi connectivity index (χ4n) is 2.47. The zero-order valence-corrected chi connectivity index (χ0v) is 15.6. The Kier molecular flexibility index (Phi) is 6.72. The van der Waals surface area contributed by atoms with Gasteiger partial charge in [-0.2, -0.15) is 0 Å². The standard InChI is InChI=1S/C20H25FN4O/c1-13-5-8-17(11-18(13)21)14(2)25-20(23-4)24-12-15-6-9-16(10-7-15)19(26)22-3/h5-11,14H,12H2,1-4H3,(H,22,26)(H2,23,24,25). The van der Waals surface area contributed by atoms with Crippen molar-refractivity contribution in [2.24, 2.45) is 4.99 Å². The van der Waals surface area contributed by atoms with Gasteiger partial charge in [-0.15, -0.1) is 0 Å². The number of aliphatic imine (C=N–C) groups is 1. The molecule has 138 valence electrons. The third-order valence-electron chi connectivity index (χ3n) is 4.18. The highest BCUT2D eigenvalue weighted by atomic mass is 19.1. The van der Waals surface area contributed by atoms with Crippen LogP contribution >= 0.6 is 0 Å². The van der Waals surface area contributed by atoms with Crippen LogP contribution in [0.2, 0.25) is 0 Å². The van der Waals surface area contributed by atoms with Gasteiger partial charge in [0.1, 0.15) is 5.82 Å². The van der Waals surface area contributed by atoms with Crippen LogP contribution in [0.1, 0.15) is 40.0 Å². The molecular weight excluding hydrogens is 331 g/mol. The van der Waals surface area contributed by atoms with E-state index in [1.807, 2.05) is 25.1 Å². The van der Waals surface area contributed by atoms with Gasteiger partial charge < -0.3 is 16.0 Å². The number of carbonyl (C=O) groups excluding carboxylic acids is 1. The molecule has 0 aliphatic rings. The van der Waals surface area contributed by atoms with Crippen molar-refractivity contribution in [1.29, 1.82) is 0 Å². The first kappa shape index (κ1) is 19.4. The van der Waals surface area contributed by atoms with E-state index >= 15 is 0 Å². The maximum atomic E-state index is 13.7. The maximum absolute atomic E-state index is 13.7. The van der Waals surface area contributed by atoms with E-state index in [0.29, 0.717) is 23.6 Å². The van der Waals surface area contributed by atoms with Crippen LogP contribution in [0.15, 0.2) is 47.5 Å². The molecule has 0 saturated heterocycles. The van der Waals surface area contributed by atoms with Gasteiger partial charge in [-0.25, -0.2) is 4.39 Å². The summed E-state index contributed by atoms with van der Waals surface area (Å²) in [4.78, 5) is 15.8. The molecule has 1 amide bonds. The number of nitrogens with zero attached hydrogens (tertiary/aromatic N) is 1. The third kappa shape index (κ3) is 5.05. The van der Waals surface area contributed by atoms with Gasteiger partial charge in [-0.3, -0.25) is 9.79 Å². The zero-order chi connectivity index (χ0) is 19.1. The molecule has 26 heavy (non-hydrogen) atoms. The summed E-state index contributed by atoms with van der Waals surface area (Å²) in [6.45, 7) is 4.25. The number of aryl methyl sites for hydroxylation is 1. The molecule has 0 saturated carbocycles. The monoisotopic (exact) mass is 356 g/mol. The molecular formula is C20H25FN4O. The minimum absolute atomic E-state index is 0.0908. The number of carbonyl (C=O) groups is 1. The van der Waals surface area contributed by atoms with Crippen LogP contribution in [0.5, 0.6) is 0 Å². The molecule has 1 atom stereocenters. The second kappa shape index (κ2) is 8.99. The molecule has 2 aromatic rings. The molecule has 3 N–H and O–H groups in total. The van der Waals surface area contributed by atoms with Crippen molar-refractivity contribution in [3.63, 3.8) is 0 Å². The smallest absolute Gasteiger partial charge is 0.251 e. The Balaban J connectivity index is 1.94. The Morgan fingerprint density at radius 1 is 1.19 bits per heavy atom. The van der Waals surface area contributed by atoms with Crippen molar-refractivity contribution in [1.82, 2.24) is 16.0 Å². The number of nitrogens with one attached hydrogen (secondary N) is 3. The van der Waals surface area contributed by atoms with E-state index in [2.05, 4.69) is 20.9 Å². The minimum atomic E-state index is -0.213. The predicted molar refractivity (Wildman–Crippen MR) is 103 cm³/mol. The molecule has 2 rings (SSSR count). The molecule has 0 aromatic heterocycles. The van der Waals surface area contributed by atoms with Gasteiger partial charge in [0.2, 0.25) is 0 Å². The number of benzene rings is 2. The van der Waals surface area contributed by atoms with Crippen molar-refractivity contribution in [2.45, 2.75) is 26.4 Å². The SMILES string of the molecule is CN=C(NCc1ccc(C(=O)NC)cc1)NC(C)c1ccc(C)c(F)c1. The van der Waals surface area contributed by atoms with Gasteiger partial charge in [0, 0.05) is 26.2 Å². The first-order chi connectivity index (χ1) is 12.4. The Hall–Kier alpha value is -2.89. The van der Waals surface area contributed by atoms with E-state index in [4.69, 9.17) is 0 Å². The lowest BCUT2D eigenvalue weighted by atomic mass is 10.1. The molecule has 2 aromatic carbocycles. The van der Waals surface area contributed by atoms with Crippen molar-refractivity contribution < 1.29 is 9.18 Å². The normalized spacial score (nSPS) is 12.4. The van der Waals surface area contributed by atoms with Gasteiger partial charge in [0.15, 0.2) is 5.96 Å². The minimum Gasteiger partial charge on any atom is -0.355 e. The second-order valence-corrected chi connectivity index (χ2v) is 6.08. The average Bonchev–Trinajstić information content (AvgIpc) is 2.66. The summed E-state index contributed by atoms with van der Waals surface area (Å²) >= 11 is 0. The van der Waals surface area contributed by atoms with Crippen LogP contribution in [0, 0.1) is 12.7 Å². The second-order valence-electron chi connectivity index (χ2n) is 6.08. The molecule has 5 nitrogen and oxygen atoms in total. The Labute approximate surface area is 153 Å². The fourth-order valence-corrected chi connectivity index (χ4v) is 2.47. The molecule has 0 fully saturated rings. The van der Waals surface area contributed by atoms with E-state index in [1.165, 1.54) is 6.07 Å². The van der Waals surface area contributed by atoms with Gasteiger partial charge in [0.25, 0.3) is 5.91 Å². The van der Waals surface area contributed by atoms with Crippen LogP contribution in [0.3, 0.4) is 0 Å². The number of halogens is 1. The van der Waals surface area contributed by atoms with Crippen molar-refractivity contribution in [2.75, 3.05) is 14.1 Å². The highest BCUT2D eigenvalue weighted by Gasteiger charge is 2.10. The van der Waals surface area contributed by atoms with Gasteiger partial charge in [0.05, 0.1) is 6.04 Å². The van der Waals surface area contributed by atoms with Crippen molar-refractivity contribution in [3.8, 4) is 0 Å². The largest absolute Gasteiger partial charge is 0.355 e. The Bertz CT molecular complexity index is 787. The summed E-state index contributed by atoms with van der Waals surface area (Å²) in [6.07, 6.45) is 0. The molecule has 0 radical (unpaired) electrons. The highest BCUT2D eigenvalue weighted by molar-refractivity contribution is 5.93. The van der Waals surface area contributed by atoms with Crippen LogP contribution in [-0.4, -0.2) is 26.0 Å². The third-order valence-corrected chi connectivity index (χ3v) is 4.18. The maximum Gasteiger partial charge on any atom is 0.251 e. The quantitative estimate of drug-likeness (QED) is 0.570. The van der Waals surface area contributed by atoms with E-state index in [9.17, 15) is 9.18 Å². The molecule has 0 aliphatic carbocycles. The van der Waals surface area contributed by atoms with E-state index in [1.54, 1.807) is 39.2 Å². The zero-order valence-electron chi connectivity index (χ0n) is 15.6. The van der Waals surface area contributed by atoms with Crippen LogP contribution in [0.25, 0.3) is 0 Å². The van der Waals surface area contributed by atoms with Gasteiger partial charge >= 0.3 is 0 Å². The molecule has 0 bridgehead atoms. The summed E-state index contributed by atoms with van der Waals surface area (Å²) in [5.41, 5.74) is 3.12. The molecule has 0 aliphatic heterocycles. The first-order valence-electron chi connectivity index (χ1n) is 8.49. The number of hydrogen-bond donors (Lipinski definition) is 3. The highest BCUT2D eigenvalue weighted by Crippen LogP contribution is 2.16. The average molecular weight is 356 g/mol. The number of rotatable bonds is 5. The number of guanidine groups is 1. The fraction of sp³-hybridized carbons (Fsp3) is 0.300. The topological polar surface area (TPSA) is 65.5 Å². The lowest BCUT2D eigenvalue weighted by Crippen LogP contribution is -2.38. The molecule has 1 unspecified atom stereocenters. The van der Waals surface area contributed by atoms with Crippen molar-refractivity contribution >= 4 is 11.9 Å². The molecule has 6 heteroatoms. The Morgan fingerprint density at radius 2 is 1.88 bits per heavy atom. The Morgan fingerprint density at radius 3 is 2.46 bits per heavy atom. The summed E-state index contributed by atoms with van der Waals surface area (Å²) in [5, 5.41) is 9.06. The van der Waals surface area contributed by atoms with Gasteiger partial charge in [-0.1, -0.05) is 24.3 Å². The van der Waals surface area contributed by atoms with E-state index in [-0.39, 0.29) is 17.8 Å². The molecule has 0 spiro atoms. The van der Waals surface area contributed by atoms with Crippen LogP contribution < -0.4 is 16.0 Å². The number of amides is 1. The van der Waals surface area contributed by atoms with Crippen LogP contribution in [0.4, 0.5) is 4.39 Å². The summed E-state index contributed by atoms with van der Waals surface area (Å²) in [6, 6.07) is 12.5. The summed E-state index contributed by atoms with van der Waals surface area (Å²) in [5.74, 6) is 0.297. The lowest BCUT2D eigenvalue weighted by Gasteiger charge is -2.19.